The number of allylic oxidation sites excluding steroid dienone is 1. The van der Waals surface area contributed by atoms with Gasteiger partial charge in [-0.1, -0.05) is 80.6 Å². The molecule has 1 aliphatic rings. The van der Waals surface area contributed by atoms with Gasteiger partial charge in [0.2, 0.25) is 0 Å². The lowest BCUT2D eigenvalue weighted by Gasteiger charge is -2.34. The number of likely N-dealkylation sites (tertiary alicyclic amines) is 1. The van der Waals surface area contributed by atoms with E-state index >= 15 is 0 Å². The highest BCUT2D eigenvalue weighted by Crippen LogP contribution is 2.38. The highest BCUT2D eigenvalue weighted by Gasteiger charge is 2.23. The molecule has 1 aliphatic heterocycles. The predicted molar refractivity (Wildman–Crippen MR) is 140 cm³/mol. The van der Waals surface area contributed by atoms with Crippen LogP contribution in [-0.4, -0.2) is 29.1 Å². The molecule has 33 heavy (non-hydrogen) atoms. The van der Waals surface area contributed by atoms with Crippen LogP contribution < -0.4 is 0 Å². The minimum absolute atomic E-state index is 0.301. The van der Waals surface area contributed by atoms with Crippen LogP contribution in [0.3, 0.4) is 0 Å². The van der Waals surface area contributed by atoms with Crippen LogP contribution in [0, 0.1) is 5.92 Å². The van der Waals surface area contributed by atoms with E-state index in [9.17, 15) is 5.11 Å². The van der Waals surface area contributed by atoms with Crippen molar-refractivity contribution in [3.8, 4) is 5.75 Å². The third kappa shape index (κ3) is 5.39. The van der Waals surface area contributed by atoms with Crippen LogP contribution in [0.4, 0.5) is 0 Å². The molecule has 1 N–H and O–H groups in total. The first-order valence-electron chi connectivity index (χ1n) is 12.4. The molecule has 0 radical (unpaired) electrons. The van der Waals surface area contributed by atoms with Gasteiger partial charge in [-0.25, -0.2) is 0 Å². The molecule has 1 saturated heterocycles. The molecule has 4 rings (SSSR count). The van der Waals surface area contributed by atoms with Crippen LogP contribution >= 0.6 is 0 Å². The summed E-state index contributed by atoms with van der Waals surface area (Å²) in [7, 11) is 0. The lowest BCUT2D eigenvalue weighted by molar-refractivity contribution is 0.172. The van der Waals surface area contributed by atoms with Crippen LogP contribution in [0.15, 0.2) is 78.9 Å². The Kier molecular flexibility index (Phi) is 7.35. The van der Waals surface area contributed by atoms with Crippen molar-refractivity contribution < 1.29 is 5.11 Å². The number of rotatable bonds is 6. The third-order valence-corrected chi connectivity index (χ3v) is 7.00. The Labute approximate surface area is 199 Å². The second-order valence-electron chi connectivity index (χ2n) is 9.89. The fourth-order valence-corrected chi connectivity index (χ4v) is 5.19. The summed E-state index contributed by atoms with van der Waals surface area (Å²) in [6.45, 7) is 11.5. The van der Waals surface area contributed by atoms with Gasteiger partial charge in [-0.15, -0.1) is 0 Å². The van der Waals surface area contributed by atoms with Crippen molar-refractivity contribution in [3.63, 3.8) is 0 Å². The zero-order valence-electron chi connectivity index (χ0n) is 20.5. The summed E-state index contributed by atoms with van der Waals surface area (Å²) < 4.78 is 0. The van der Waals surface area contributed by atoms with Crippen molar-refractivity contribution in [2.75, 3.05) is 13.1 Å². The van der Waals surface area contributed by atoms with E-state index in [0.29, 0.717) is 23.6 Å². The quantitative estimate of drug-likeness (QED) is 0.400. The van der Waals surface area contributed by atoms with E-state index in [-0.39, 0.29) is 0 Å². The zero-order chi connectivity index (χ0) is 23.4. The largest absolute Gasteiger partial charge is 0.508 e. The van der Waals surface area contributed by atoms with Crippen molar-refractivity contribution in [3.05, 3.63) is 101 Å². The smallest absolute Gasteiger partial charge is 0.116 e. The van der Waals surface area contributed by atoms with Crippen LogP contribution in [0.5, 0.6) is 5.75 Å². The molecule has 1 heterocycles. The molecular formula is C31H37NO. The van der Waals surface area contributed by atoms with E-state index < -0.39 is 0 Å². The summed E-state index contributed by atoms with van der Waals surface area (Å²) in [5.41, 5.74) is 7.45. The van der Waals surface area contributed by atoms with Gasteiger partial charge in [0.1, 0.15) is 5.75 Å². The average molecular weight is 440 g/mol. The summed E-state index contributed by atoms with van der Waals surface area (Å²) >= 11 is 0. The molecule has 0 spiro atoms. The van der Waals surface area contributed by atoms with Gasteiger partial charge in [0, 0.05) is 6.04 Å². The van der Waals surface area contributed by atoms with E-state index in [1.54, 1.807) is 6.07 Å². The van der Waals surface area contributed by atoms with Gasteiger partial charge in [-0.05, 0) is 97.1 Å². The van der Waals surface area contributed by atoms with Gasteiger partial charge in [0.05, 0.1) is 0 Å². The molecule has 3 aromatic rings. The molecule has 2 heteroatoms. The highest BCUT2D eigenvalue weighted by molar-refractivity contribution is 5.99. The maximum absolute atomic E-state index is 10.2. The molecule has 0 bridgehead atoms. The number of hydrogen-bond donors (Lipinski definition) is 1. The first-order valence-corrected chi connectivity index (χ1v) is 12.4. The molecule has 0 aromatic heterocycles. The Balaban J connectivity index is 1.74. The minimum Gasteiger partial charge on any atom is -0.508 e. The van der Waals surface area contributed by atoms with Crippen LogP contribution in [0.1, 0.15) is 68.7 Å². The molecule has 0 aliphatic carbocycles. The second kappa shape index (κ2) is 10.4. The molecular weight excluding hydrogens is 402 g/mol. The van der Waals surface area contributed by atoms with E-state index in [1.807, 2.05) is 12.1 Å². The summed E-state index contributed by atoms with van der Waals surface area (Å²) in [5.74, 6) is 1.28. The average Bonchev–Trinajstić information content (AvgIpc) is 2.83. The van der Waals surface area contributed by atoms with Gasteiger partial charge in [-0.2, -0.15) is 0 Å². The summed E-state index contributed by atoms with van der Waals surface area (Å²) in [6, 6.07) is 28.2. The topological polar surface area (TPSA) is 23.5 Å². The first kappa shape index (κ1) is 23.3. The van der Waals surface area contributed by atoms with Crippen molar-refractivity contribution in [2.24, 2.45) is 5.92 Å². The number of phenols is 1. The van der Waals surface area contributed by atoms with Gasteiger partial charge in [0.15, 0.2) is 0 Å². The fourth-order valence-electron chi connectivity index (χ4n) is 5.19. The zero-order valence-corrected chi connectivity index (χ0v) is 20.5. The maximum atomic E-state index is 10.2. The first-order chi connectivity index (χ1) is 15.9. The van der Waals surface area contributed by atoms with Crippen molar-refractivity contribution in [2.45, 2.75) is 52.5 Å². The summed E-state index contributed by atoms with van der Waals surface area (Å²) in [4.78, 5) is 2.59. The SMILES string of the molecule is CC(C)/C(=C(/c1ccc(C2CCN(C(C)C)CC2)cc1)c1cccc(O)c1)c1ccccc1. The van der Waals surface area contributed by atoms with E-state index in [1.165, 1.54) is 53.8 Å². The lowest BCUT2D eigenvalue weighted by atomic mass is 9.83. The number of nitrogens with zero attached hydrogens (tertiary/aromatic N) is 1. The number of benzene rings is 3. The Hall–Kier alpha value is -2.84. The Morgan fingerprint density at radius 3 is 1.97 bits per heavy atom. The monoisotopic (exact) mass is 439 g/mol. The summed E-state index contributed by atoms with van der Waals surface area (Å²) in [6.07, 6.45) is 2.46. The second-order valence-corrected chi connectivity index (χ2v) is 9.89. The minimum atomic E-state index is 0.301. The normalized spacial score (nSPS) is 16.3. The number of piperidine rings is 1. The van der Waals surface area contributed by atoms with Gasteiger partial charge >= 0.3 is 0 Å². The van der Waals surface area contributed by atoms with Gasteiger partial charge in [-0.3, -0.25) is 0 Å². The molecule has 172 valence electrons. The van der Waals surface area contributed by atoms with Crippen molar-refractivity contribution in [1.82, 2.24) is 4.90 Å². The highest BCUT2D eigenvalue weighted by atomic mass is 16.3. The number of aromatic hydroxyl groups is 1. The molecule has 0 atom stereocenters. The Morgan fingerprint density at radius 1 is 0.758 bits per heavy atom. The van der Waals surface area contributed by atoms with E-state index in [2.05, 4.69) is 93.3 Å². The summed E-state index contributed by atoms with van der Waals surface area (Å²) in [5, 5.41) is 10.2. The maximum Gasteiger partial charge on any atom is 0.116 e. The Bertz CT molecular complexity index is 1070. The molecule has 0 saturated carbocycles. The van der Waals surface area contributed by atoms with Gasteiger partial charge < -0.3 is 10.0 Å². The molecule has 0 unspecified atom stereocenters. The molecule has 3 aromatic carbocycles. The standard InChI is InChI=1S/C31H37NO/c1-22(2)30(26-9-6-5-7-10-26)31(28-11-8-12-29(33)21-28)27-15-13-24(14-16-27)25-17-19-32(20-18-25)23(3)4/h5-16,21-23,25,33H,17-20H2,1-4H3/b31-30+. The fraction of sp³-hybridized carbons (Fsp3) is 0.355. The molecule has 1 fully saturated rings. The molecule has 0 amide bonds. The molecule has 2 nitrogen and oxygen atoms in total. The lowest BCUT2D eigenvalue weighted by Crippen LogP contribution is -2.37. The van der Waals surface area contributed by atoms with Crippen LogP contribution in [-0.2, 0) is 0 Å². The van der Waals surface area contributed by atoms with Crippen molar-refractivity contribution in [1.29, 1.82) is 0 Å². The van der Waals surface area contributed by atoms with E-state index in [0.717, 1.165) is 5.56 Å². The van der Waals surface area contributed by atoms with Crippen LogP contribution in [0.2, 0.25) is 0 Å². The number of phenolic OH excluding ortho intramolecular Hbond substituents is 1. The third-order valence-electron chi connectivity index (χ3n) is 7.00. The number of hydrogen-bond acceptors (Lipinski definition) is 2. The van der Waals surface area contributed by atoms with Gasteiger partial charge in [0.25, 0.3) is 0 Å². The van der Waals surface area contributed by atoms with Crippen molar-refractivity contribution >= 4 is 11.1 Å². The Morgan fingerprint density at radius 2 is 1.39 bits per heavy atom. The van der Waals surface area contributed by atoms with E-state index in [4.69, 9.17) is 0 Å². The van der Waals surface area contributed by atoms with Crippen LogP contribution in [0.25, 0.3) is 11.1 Å². The predicted octanol–water partition coefficient (Wildman–Crippen LogP) is 7.60.